The average Bonchev–Trinajstić information content (AvgIpc) is 3.02. The first kappa shape index (κ1) is 12.6. The molecule has 0 spiro atoms. The van der Waals surface area contributed by atoms with Crippen LogP contribution in [0, 0.1) is 5.92 Å². The molecule has 0 saturated heterocycles. The van der Waals surface area contributed by atoms with Crippen LogP contribution in [0.4, 0.5) is 0 Å². The normalized spacial score (nSPS) is 29.7. The molecule has 1 aromatic rings. The Morgan fingerprint density at radius 2 is 1.82 bits per heavy atom. The molecule has 0 radical (unpaired) electrons. The van der Waals surface area contributed by atoms with Crippen molar-refractivity contribution in [2.75, 3.05) is 0 Å². The van der Waals surface area contributed by atoms with Crippen LogP contribution in [0.1, 0.15) is 32.3 Å². The minimum absolute atomic E-state index is 0.143. The maximum atomic E-state index is 12.4. The second kappa shape index (κ2) is 4.41. The maximum absolute atomic E-state index is 12.4. The lowest BCUT2D eigenvalue weighted by molar-refractivity contribution is 0.646. The lowest BCUT2D eigenvalue weighted by atomic mass is 10.1. The van der Waals surface area contributed by atoms with Crippen molar-refractivity contribution in [3.05, 3.63) is 48.6 Å². The fraction of sp³-hybridized carbons (Fsp3) is 0.467. The molecule has 1 aliphatic carbocycles. The van der Waals surface area contributed by atoms with Crippen LogP contribution in [-0.2, 0) is 10.8 Å². The molecular weight excluding hydrogens is 228 g/mol. The van der Waals surface area contributed by atoms with Gasteiger partial charge in [0.05, 0.1) is 0 Å². The molecular formula is C15H20OS. The first-order valence-electron chi connectivity index (χ1n) is 6.05. The average molecular weight is 248 g/mol. The van der Waals surface area contributed by atoms with Crippen LogP contribution in [0.25, 0.3) is 0 Å². The summed E-state index contributed by atoms with van der Waals surface area (Å²) < 4.78 is 12.3. The quantitative estimate of drug-likeness (QED) is 0.748. The van der Waals surface area contributed by atoms with Gasteiger partial charge in [0.1, 0.15) is 0 Å². The fourth-order valence-electron chi connectivity index (χ4n) is 2.36. The molecule has 0 heterocycles. The zero-order valence-corrected chi connectivity index (χ0v) is 11.5. The molecule has 1 nitrogen and oxygen atoms in total. The molecule has 17 heavy (non-hydrogen) atoms. The maximum Gasteiger partial charge on any atom is 0.0496 e. The molecule has 4 atom stereocenters. The van der Waals surface area contributed by atoms with E-state index >= 15 is 0 Å². The van der Waals surface area contributed by atoms with Gasteiger partial charge in [-0.3, -0.25) is 4.21 Å². The Labute approximate surface area is 106 Å². The van der Waals surface area contributed by atoms with E-state index in [-0.39, 0.29) is 10.00 Å². The van der Waals surface area contributed by atoms with Crippen molar-refractivity contribution in [2.24, 2.45) is 5.92 Å². The summed E-state index contributed by atoms with van der Waals surface area (Å²) in [5.41, 5.74) is 1.29. The predicted octanol–water partition coefficient (Wildman–Crippen LogP) is 3.50. The van der Waals surface area contributed by atoms with Gasteiger partial charge in [0.15, 0.2) is 0 Å². The Hall–Kier alpha value is -0.890. The summed E-state index contributed by atoms with van der Waals surface area (Å²) in [5.74, 6) is 0.770. The molecule has 1 fully saturated rings. The summed E-state index contributed by atoms with van der Waals surface area (Å²) in [6.45, 7) is 10.0. The van der Waals surface area contributed by atoms with Gasteiger partial charge in [-0.1, -0.05) is 36.4 Å². The van der Waals surface area contributed by atoms with E-state index in [4.69, 9.17) is 0 Å². The minimum Gasteiger partial charge on any atom is -0.259 e. The van der Waals surface area contributed by atoms with Crippen LogP contribution >= 0.6 is 0 Å². The van der Waals surface area contributed by atoms with Crippen molar-refractivity contribution in [3.8, 4) is 0 Å². The van der Waals surface area contributed by atoms with Gasteiger partial charge in [0.2, 0.25) is 0 Å². The highest BCUT2D eigenvalue weighted by Gasteiger charge is 2.54. The summed E-state index contributed by atoms with van der Waals surface area (Å²) >= 11 is 0. The highest BCUT2D eigenvalue weighted by molar-refractivity contribution is 7.87. The van der Waals surface area contributed by atoms with Crippen molar-refractivity contribution in [3.63, 3.8) is 0 Å². The summed E-state index contributed by atoms with van der Waals surface area (Å²) in [7, 11) is -0.810. The summed E-state index contributed by atoms with van der Waals surface area (Å²) in [4.78, 5) is 0. The second-order valence-corrected chi connectivity index (χ2v) is 7.99. The zero-order valence-electron chi connectivity index (χ0n) is 10.7. The van der Waals surface area contributed by atoms with E-state index in [9.17, 15) is 4.21 Å². The summed E-state index contributed by atoms with van der Waals surface area (Å²) in [6.07, 6.45) is 1.96. The molecule has 1 saturated carbocycles. The first-order chi connectivity index (χ1) is 7.96. The van der Waals surface area contributed by atoms with Gasteiger partial charge in [-0.2, -0.15) is 0 Å². The van der Waals surface area contributed by atoms with Gasteiger partial charge in [-0.25, -0.2) is 0 Å². The van der Waals surface area contributed by atoms with E-state index in [0.29, 0.717) is 11.8 Å². The SMILES string of the molecule is C=C[C@@H]1C(S(=O)C(C)(C)C)[C@H]1c1ccccc1. The van der Waals surface area contributed by atoms with Crippen molar-refractivity contribution in [2.45, 2.75) is 36.7 Å². The third-order valence-corrected chi connectivity index (χ3v) is 5.62. The lowest BCUT2D eigenvalue weighted by Crippen LogP contribution is -2.26. The number of benzene rings is 1. The zero-order chi connectivity index (χ0) is 12.6. The van der Waals surface area contributed by atoms with Gasteiger partial charge >= 0.3 is 0 Å². The monoisotopic (exact) mass is 248 g/mol. The Balaban J connectivity index is 2.22. The third kappa shape index (κ3) is 2.37. The Morgan fingerprint density at radius 1 is 1.24 bits per heavy atom. The van der Waals surface area contributed by atoms with Crippen LogP contribution in [0.2, 0.25) is 0 Å². The van der Waals surface area contributed by atoms with E-state index < -0.39 is 10.8 Å². The minimum atomic E-state index is -0.810. The summed E-state index contributed by atoms with van der Waals surface area (Å²) in [5, 5.41) is 0.245. The number of allylic oxidation sites excluding steroid dienone is 1. The first-order valence-corrected chi connectivity index (χ1v) is 7.26. The van der Waals surface area contributed by atoms with Gasteiger partial charge in [-0.15, -0.1) is 6.58 Å². The molecule has 1 aromatic carbocycles. The highest BCUT2D eigenvalue weighted by Crippen LogP contribution is 2.53. The Morgan fingerprint density at radius 3 is 2.29 bits per heavy atom. The molecule has 92 valence electrons. The standard InChI is InChI=1S/C15H20OS/c1-5-12-13(11-9-7-6-8-10-11)14(12)17(16)15(2,3)4/h5-10,12-14H,1H2,2-4H3/t12-,13-,14?,17?/m0/s1. The van der Waals surface area contributed by atoms with Gasteiger partial charge in [-0.05, 0) is 32.3 Å². The van der Waals surface area contributed by atoms with E-state index in [0.717, 1.165) is 0 Å². The van der Waals surface area contributed by atoms with E-state index in [1.165, 1.54) is 5.56 Å². The molecule has 2 unspecified atom stereocenters. The number of hydrogen-bond donors (Lipinski definition) is 0. The molecule has 0 aromatic heterocycles. The lowest BCUT2D eigenvalue weighted by Gasteiger charge is -2.17. The van der Waals surface area contributed by atoms with Gasteiger partial charge in [0.25, 0.3) is 0 Å². The molecule has 0 bridgehead atoms. The molecule has 0 amide bonds. The number of hydrogen-bond acceptors (Lipinski definition) is 1. The van der Waals surface area contributed by atoms with Crippen molar-refractivity contribution >= 4 is 10.8 Å². The number of rotatable bonds is 3. The summed E-state index contributed by atoms with van der Waals surface area (Å²) in [6, 6.07) is 10.4. The fourth-order valence-corrected chi connectivity index (χ4v) is 4.25. The van der Waals surface area contributed by atoms with E-state index in [1.807, 2.05) is 45.0 Å². The largest absolute Gasteiger partial charge is 0.259 e. The van der Waals surface area contributed by atoms with Crippen molar-refractivity contribution < 1.29 is 4.21 Å². The Bertz CT molecular complexity index is 430. The predicted molar refractivity (Wildman–Crippen MR) is 74.6 cm³/mol. The Kier molecular flexibility index (Phi) is 3.26. The molecule has 2 rings (SSSR count). The highest BCUT2D eigenvalue weighted by atomic mass is 32.2. The van der Waals surface area contributed by atoms with Crippen LogP contribution in [0.5, 0.6) is 0 Å². The second-order valence-electron chi connectivity index (χ2n) is 5.62. The molecule has 0 aliphatic heterocycles. The van der Waals surface area contributed by atoms with Gasteiger partial charge < -0.3 is 0 Å². The van der Waals surface area contributed by atoms with Crippen LogP contribution < -0.4 is 0 Å². The molecule has 2 heteroatoms. The van der Waals surface area contributed by atoms with E-state index in [2.05, 4.69) is 18.7 Å². The van der Waals surface area contributed by atoms with Crippen LogP contribution in [0.15, 0.2) is 43.0 Å². The molecule has 0 N–H and O–H groups in total. The van der Waals surface area contributed by atoms with Crippen LogP contribution in [0.3, 0.4) is 0 Å². The van der Waals surface area contributed by atoms with E-state index in [1.54, 1.807) is 0 Å². The van der Waals surface area contributed by atoms with Gasteiger partial charge in [0, 0.05) is 26.7 Å². The smallest absolute Gasteiger partial charge is 0.0496 e. The third-order valence-electron chi connectivity index (χ3n) is 3.31. The van der Waals surface area contributed by atoms with Crippen LogP contribution in [-0.4, -0.2) is 14.2 Å². The topological polar surface area (TPSA) is 17.1 Å². The molecule has 1 aliphatic rings. The van der Waals surface area contributed by atoms with Crippen molar-refractivity contribution in [1.82, 2.24) is 0 Å². The van der Waals surface area contributed by atoms with Crippen molar-refractivity contribution in [1.29, 1.82) is 0 Å².